The first-order chi connectivity index (χ1) is 11.3. The minimum absolute atomic E-state index is 0.140. The number of rotatable bonds is 5. The van der Waals surface area contributed by atoms with Crippen molar-refractivity contribution in [1.82, 2.24) is 14.9 Å². The molecular formula is C16H20N4O3S. The molecule has 3 amide bonds. The third-order valence-corrected chi connectivity index (χ3v) is 4.36. The Balaban J connectivity index is 2.45. The van der Waals surface area contributed by atoms with Crippen LogP contribution in [0.25, 0.3) is 10.9 Å². The molecule has 1 atom stereocenters. The van der Waals surface area contributed by atoms with Gasteiger partial charge in [-0.15, -0.1) is 0 Å². The largest absolute Gasteiger partial charge is 0.351 e. The summed E-state index contributed by atoms with van der Waals surface area (Å²) in [6, 6.07) is 6.19. The molecule has 0 bridgehead atoms. The number of nitrogens with two attached hydrogens (primary N) is 1. The van der Waals surface area contributed by atoms with E-state index in [0.717, 1.165) is 11.8 Å². The van der Waals surface area contributed by atoms with Gasteiger partial charge in [0.1, 0.15) is 0 Å². The number of hydrogen-bond acceptors (Lipinski definition) is 5. The van der Waals surface area contributed by atoms with Crippen LogP contribution in [-0.2, 0) is 11.3 Å². The van der Waals surface area contributed by atoms with Crippen molar-refractivity contribution in [2.75, 3.05) is 0 Å². The summed E-state index contributed by atoms with van der Waals surface area (Å²) in [6.45, 7) is 6.12. The van der Waals surface area contributed by atoms with Gasteiger partial charge in [0.05, 0.1) is 16.2 Å². The first kappa shape index (κ1) is 18.0. The second-order valence-electron chi connectivity index (χ2n) is 5.83. The summed E-state index contributed by atoms with van der Waals surface area (Å²) in [5.41, 5.74) is 5.40. The van der Waals surface area contributed by atoms with Crippen LogP contribution in [0.3, 0.4) is 0 Å². The topological polar surface area (TPSA) is 107 Å². The van der Waals surface area contributed by atoms with E-state index in [4.69, 9.17) is 5.73 Å². The van der Waals surface area contributed by atoms with E-state index in [1.807, 2.05) is 19.2 Å². The van der Waals surface area contributed by atoms with E-state index in [-0.39, 0.29) is 11.5 Å². The Hall–Kier alpha value is -2.35. The number of fused-ring (bicyclic) bond motifs is 1. The molecule has 8 heteroatoms. The van der Waals surface area contributed by atoms with Crippen LogP contribution in [-0.4, -0.2) is 26.7 Å². The fourth-order valence-electron chi connectivity index (χ4n) is 2.20. The molecule has 1 heterocycles. The first-order valence-electron chi connectivity index (χ1n) is 7.56. The Kier molecular flexibility index (Phi) is 5.61. The summed E-state index contributed by atoms with van der Waals surface area (Å²) < 4.78 is 1.58. The Morgan fingerprint density at radius 2 is 1.96 bits per heavy atom. The maximum absolute atomic E-state index is 12.7. The molecule has 7 nitrogen and oxygen atoms in total. The van der Waals surface area contributed by atoms with Gasteiger partial charge >= 0.3 is 6.03 Å². The fraction of sp³-hybridized carbons (Fsp3) is 0.375. The lowest BCUT2D eigenvalue weighted by Crippen LogP contribution is -2.39. The summed E-state index contributed by atoms with van der Waals surface area (Å²) in [5.74, 6) is -0.286. The predicted molar refractivity (Wildman–Crippen MR) is 93.9 cm³/mol. The third kappa shape index (κ3) is 4.14. The number of amides is 3. The summed E-state index contributed by atoms with van der Waals surface area (Å²) in [6.07, 6.45) is 0. The van der Waals surface area contributed by atoms with E-state index < -0.39 is 17.2 Å². The maximum atomic E-state index is 12.7. The van der Waals surface area contributed by atoms with Crippen molar-refractivity contribution in [2.45, 2.75) is 37.7 Å². The molecule has 2 rings (SSSR count). The molecule has 0 radical (unpaired) electrons. The van der Waals surface area contributed by atoms with Crippen LogP contribution in [0.5, 0.6) is 0 Å². The molecular weight excluding hydrogens is 328 g/mol. The summed E-state index contributed by atoms with van der Waals surface area (Å²) >= 11 is 1.12. The molecule has 128 valence electrons. The SMILES string of the molecule is CC(C)Cn1c(SC(C)C(=O)NC(N)=O)nc2ccccc2c1=O. The molecule has 0 aliphatic carbocycles. The van der Waals surface area contributed by atoms with Crippen molar-refractivity contribution < 1.29 is 9.59 Å². The van der Waals surface area contributed by atoms with Crippen LogP contribution in [0.1, 0.15) is 20.8 Å². The maximum Gasteiger partial charge on any atom is 0.318 e. The number of para-hydroxylation sites is 1. The van der Waals surface area contributed by atoms with E-state index in [1.54, 1.807) is 35.8 Å². The number of primary amides is 1. The molecule has 24 heavy (non-hydrogen) atoms. The van der Waals surface area contributed by atoms with Crippen LogP contribution in [0.2, 0.25) is 0 Å². The fourth-order valence-corrected chi connectivity index (χ4v) is 3.12. The van der Waals surface area contributed by atoms with Gasteiger partial charge in [0.25, 0.3) is 5.56 Å². The average Bonchev–Trinajstić information content (AvgIpc) is 2.50. The van der Waals surface area contributed by atoms with Crippen molar-refractivity contribution in [3.05, 3.63) is 34.6 Å². The number of hydrogen-bond donors (Lipinski definition) is 2. The molecule has 3 N–H and O–H groups in total. The number of carbonyl (C=O) groups excluding carboxylic acids is 2. The highest BCUT2D eigenvalue weighted by molar-refractivity contribution is 8.00. The van der Waals surface area contributed by atoms with Gasteiger partial charge in [0.2, 0.25) is 5.91 Å². The number of nitrogens with one attached hydrogen (secondary N) is 1. The molecule has 0 saturated heterocycles. The molecule has 0 spiro atoms. The molecule has 0 fully saturated rings. The predicted octanol–water partition coefficient (Wildman–Crippen LogP) is 1.73. The van der Waals surface area contributed by atoms with E-state index in [9.17, 15) is 14.4 Å². The zero-order valence-electron chi connectivity index (χ0n) is 13.8. The molecule has 1 unspecified atom stereocenters. The molecule has 0 aliphatic heterocycles. The van der Waals surface area contributed by atoms with Crippen LogP contribution in [0.15, 0.2) is 34.2 Å². The Morgan fingerprint density at radius 1 is 1.29 bits per heavy atom. The van der Waals surface area contributed by atoms with Gasteiger partial charge in [-0.25, -0.2) is 9.78 Å². The third-order valence-electron chi connectivity index (χ3n) is 3.27. The minimum Gasteiger partial charge on any atom is -0.351 e. The highest BCUT2D eigenvalue weighted by atomic mass is 32.2. The number of urea groups is 1. The Bertz CT molecular complexity index is 832. The van der Waals surface area contributed by atoms with E-state index >= 15 is 0 Å². The van der Waals surface area contributed by atoms with E-state index in [0.29, 0.717) is 22.6 Å². The normalized spacial score (nSPS) is 12.3. The molecule has 1 aromatic carbocycles. The zero-order valence-corrected chi connectivity index (χ0v) is 14.6. The molecule has 1 aromatic heterocycles. The van der Waals surface area contributed by atoms with Gasteiger partial charge in [-0.3, -0.25) is 19.5 Å². The Labute approximate surface area is 143 Å². The van der Waals surface area contributed by atoms with Gasteiger partial charge in [0, 0.05) is 6.54 Å². The number of imide groups is 1. The average molecular weight is 348 g/mol. The lowest BCUT2D eigenvalue weighted by molar-refractivity contribution is -0.119. The van der Waals surface area contributed by atoms with Crippen LogP contribution >= 0.6 is 11.8 Å². The van der Waals surface area contributed by atoms with Gasteiger partial charge in [-0.1, -0.05) is 37.7 Å². The Morgan fingerprint density at radius 3 is 2.58 bits per heavy atom. The highest BCUT2D eigenvalue weighted by Gasteiger charge is 2.20. The number of aromatic nitrogens is 2. The number of nitrogens with zero attached hydrogens (tertiary/aromatic N) is 2. The second kappa shape index (κ2) is 7.48. The van der Waals surface area contributed by atoms with Crippen LogP contribution in [0.4, 0.5) is 4.79 Å². The zero-order chi connectivity index (χ0) is 17.9. The van der Waals surface area contributed by atoms with Crippen molar-refractivity contribution in [2.24, 2.45) is 11.7 Å². The van der Waals surface area contributed by atoms with Crippen molar-refractivity contribution in [1.29, 1.82) is 0 Å². The quantitative estimate of drug-likeness (QED) is 0.632. The molecule has 2 aromatic rings. The van der Waals surface area contributed by atoms with E-state index in [2.05, 4.69) is 4.98 Å². The monoisotopic (exact) mass is 348 g/mol. The molecule has 0 aliphatic rings. The van der Waals surface area contributed by atoms with Crippen molar-refractivity contribution >= 4 is 34.6 Å². The number of thioether (sulfide) groups is 1. The summed E-state index contributed by atoms with van der Waals surface area (Å²) in [4.78, 5) is 40.0. The van der Waals surface area contributed by atoms with Gasteiger partial charge in [-0.2, -0.15) is 0 Å². The van der Waals surface area contributed by atoms with E-state index in [1.165, 1.54) is 0 Å². The second-order valence-corrected chi connectivity index (χ2v) is 7.14. The standard InChI is InChI=1S/C16H20N4O3S/c1-9(2)8-20-14(22)11-6-4-5-7-12(11)18-16(20)24-10(3)13(21)19-15(17)23/h4-7,9-10H,8H2,1-3H3,(H3,17,19,21,23). The molecule has 0 saturated carbocycles. The lowest BCUT2D eigenvalue weighted by Gasteiger charge is -2.17. The van der Waals surface area contributed by atoms with Gasteiger partial charge in [0.15, 0.2) is 5.16 Å². The van der Waals surface area contributed by atoms with Gasteiger partial charge < -0.3 is 5.73 Å². The smallest absolute Gasteiger partial charge is 0.318 e. The first-order valence-corrected chi connectivity index (χ1v) is 8.44. The van der Waals surface area contributed by atoms with Crippen LogP contribution < -0.4 is 16.6 Å². The lowest BCUT2D eigenvalue weighted by atomic mass is 10.2. The van der Waals surface area contributed by atoms with Crippen molar-refractivity contribution in [3.8, 4) is 0 Å². The number of carbonyl (C=O) groups is 2. The highest BCUT2D eigenvalue weighted by Crippen LogP contribution is 2.23. The van der Waals surface area contributed by atoms with Crippen molar-refractivity contribution in [3.63, 3.8) is 0 Å². The van der Waals surface area contributed by atoms with Crippen LogP contribution in [0, 0.1) is 5.92 Å². The summed E-state index contributed by atoms with van der Waals surface area (Å²) in [5, 5.41) is 2.40. The summed E-state index contributed by atoms with van der Waals surface area (Å²) in [7, 11) is 0. The number of benzene rings is 1. The minimum atomic E-state index is -0.904. The van der Waals surface area contributed by atoms with Gasteiger partial charge in [-0.05, 0) is 25.0 Å².